The van der Waals surface area contributed by atoms with Crippen LogP contribution in [0.25, 0.3) is 22.3 Å². The van der Waals surface area contributed by atoms with Crippen molar-refractivity contribution in [3.05, 3.63) is 47.7 Å². The van der Waals surface area contributed by atoms with Crippen molar-refractivity contribution >= 4 is 28.5 Å². The molecule has 0 spiro atoms. The molecule has 0 radical (unpaired) electrons. The Balaban J connectivity index is 1.71. The van der Waals surface area contributed by atoms with Crippen molar-refractivity contribution in [1.82, 2.24) is 19.9 Å². The number of aromatic nitrogens is 3. The summed E-state index contributed by atoms with van der Waals surface area (Å²) in [7, 11) is 0. The summed E-state index contributed by atoms with van der Waals surface area (Å²) < 4.78 is 0. The van der Waals surface area contributed by atoms with Crippen LogP contribution in [0.1, 0.15) is 33.6 Å². The molecule has 0 aliphatic rings. The molecule has 6 heteroatoms. The van der Waals surface area contributed by atoms with Gasteiger partial charge >= 0.3 is 0 Å². The van der Waals surface area contributed by atoms with Crippen LogP contribution in [-0.4, -0.2) is 45.5 Å². The van der Waals surface area contributed by atoms with Gasteiger partial charge in [-0.1, -0.05) is 37.6 Å². The van der Waals surface area contributed by atoms with Gasteiger partial charge in [-0.15, -0.1) is 0 Å². The van der Waals surface area contributed by atoms with E-state index in [1.807, 2.05) is 30.3 Å². The zero-order valence-electron chi connectivity index (χ0n) is 16.8. The van der Waals surface area contributed by atoms with E-state index in [9.17, 15) is 0 Å². The Morgan fingerprint density at radius 2 is 1.82 bits per heavy atom. The highest BCUT2D eigenvalue weighted by molar-refractivity contribution is 6.30. The second-order valence-electron chi connectivity index (χ2n) is 7.00. The van der Waals surface area contributed by atoms with Gasteiger partial charge in [-0.05, 0) is 57.6 Å². The van der Waals surface area contributed by atoms with Crippen molar-refractivity contribution in [2.45, 2.75) is 39.7 Å². The third-order valence-electron chi connectivity index (χ3n) is 4.99. The number of pyridine rings is 1. The molecule has 3 rings (SSSR count). The zero-order valence-corrected chi connectivity index (χ0v) is 17.6. The minimum absolute atomic E-state index is 0.325. The molecule has 148 valence electrons. The molecule has 0 aliphatic carbocycles. The number of nitrogens with zero attached hydrogens (tertiary/aromatic N) is 4. The number of benzene rings is 1. The van der Waals surface area contributed by atoms with Crippen molar-refractivity contribution in [2.24, 2.45) is 0 Å². The highest BCUT2D eigenvalue weighted by atomic mass is 35.5. The fourth-order valence-corrected chi connectivity index (χ4v) is 3.40. The van der Waals surface area contributed by atoms with E-state index < -0.39 is 0 Å². The number of fused-ring (bicyclic) bond motifs is 1. The molecular weight excluding hydrogens is 370 g/mol. The lowest BCUT2D eigenvalue weighted by molar-refractivity contribution is 0.295. The third-order valence-corrected chi connectivity index (χ3v) is 5.24. The molecule has 28 heavy (non-hydrogen) atoms. The first-order chi connectivity index (χ1) is 13.6. The molecule has 0 saturated heterocycles. The molecule has 0 saturated carbocycles. The minimum Gasteiger partial charge on any atom is -0.366 e. The van der Waals surface area contributed by atoms with Gasteiger partial charge in [-0.3, -0.25) is 0 Å². The van der Waals surface area contributed by atoms with Gasteiger partial charge in [-0.25, -0.2) is 15.0 Å². The van der Waals surface area contributed by atoms with Gasteiger partial charge in [0.15, 0.2) is 5.82 Å². The van der Waals surface area contributed by atoms with E-state index in [1.165, 1.54) is 0 Å². The maximum Gasteiger partial charge on any atom is 0.154 e. The van der Waals surface area contributed by atoms with Crippen LogP contribution < -0.4 is 5.32 Å². The van der Waals surface area contributed by atoms with Gasteiger partial charge in [0.2, 0.25) is 0 Å². The van der Waals surface area contributed by atoms with Crippen molar-refractivity contribution in [1.29, 1.82) is 0 Å². The van der Waals surface area contributed by atoms with Crippen LogP contribution in [0.5, 0.6) is 0 Å². The predicted molar refractivity (Wildman–Crippen MR) is 118 cm³/mol. The van der Waals surface area contributed by atoms with Gasteiger partial charge in [0.25, 0.3) is 0 Å². The number of hydrogen-bond acceptors (Lipinski definition) is 5. The summed E-state index contributed by atoms with van der Waals surface area (Å²) >= 11 is 5.98. The molecule has 5 nitrogen and oxygen atoms in total. The third kappa shape index (κ3) is 5.18. The van der Waals surface area contributed by atoms with Crippen molar-refractivity contribution in [2.75, 3.05) is 25.0 Å². The summed E-state index contributed by atoms with van der Waals surface area (Å²) in [6.07, 6.45) is 5.83. The summed E-state index contributed by atoms with van der Waals surface area (Å²) in [5, 5.41) is 4.22. The molecule has 1 aromatic carbocycles. The topological polar surface area (TPSA) is 53.9 Å². The van der Waals surface area contributed by atoms with E-state index in [2.05, 4.69) is 41.0 Å². The first-order valence-electron chi connectivity index (χ1n) is 9.97. The molecule has 0 bridgehead atoms. The second kappa shape index (κ2) is 9.80. The molecular formula is C22H28ClN5. The maximum absolute atomic E-state index is 5.98. The van der Waals surface area contributed by atoms with E-state index >= 15 is 0 Å². The summed E-state index contributed by atoms with van der Waals surface area (Å²) in [5.41, 5.74) is 3.46. The van der Waals surface area contributed by atoms with Crippen LogP contribution >= 0.6 is 11.6 Å². The first-order valence-corrected chi connectivity index (χ1v) is 10.3. The summed E-state index contributed by atoms with van der Waals surface area (Å²) in [6, 6.07) is 9.86. The highest BCUT2D eigenvalue weighted by Crippen LogP contribution is 2.24. The molecule has 1 N–H and O–H groups in total. The van der Waals surface area contributed by atoms with Crippen LogP contribution in [0, 0.1) is 0 Å². The Morgan fingerprint density at radius 1 is 1.07 bits per heavy atom. The van der Waals surface area contributed by atoms with Gasteiger partial charge in [0.1, 0.15) is 5.52 Å². The average molecular weight is 398 g/mol. The maximum atomic E-state index is 5.98. The van der Waals surface area contributed by atoms with Gasteiger partial charge in [-0.2, -0.15) is 0 Å². The van der Waals surface area contributed by atoms with Crippen LogP contribution in [0.2, 0.25) is 5.02 Å². The number of nitrogens with one attached hydrogen (secondary N) is 1. The summed E-state index contributed by atoms with van der Waals surface area (Å²) in [4.78, 5) is 16.3. The quantitative estimate of drug-likeness (QED) is 0.533. The Hall–Kier alpha value is -2.24. The molecule has 1 unspecified atom stereocenters. The van der Waals surface area contributed by atoms with Crippen LogP contribution in [0.3, 0.4) is 0 Å². The van der Waals surface area contributed by atoms with Crippen molar-refractivity contribution < 1.29 is 0 Å². The first kappa shape index (κ1) is 20.5. The number of rotatable bonds is 9. The van der Waals surface area contributed by atoms with Gasteiger partial charge in [0, 0.05) is 22.8 Å². The lowest BCUT2D eigenvalue weighted by Gasteiger charge is -2.20. The van der Waals surface area contributed by atoms with E-state index in [1.54, 1.807) is 12.4 Å². The highest BCUT2D eigenvalue weighted by Gasteiger charge is 2.11. The summed E-state index contributed by atoms with van der Waals surface area (Å²) in [6.45, 7) is 9.96. The van der Waals surface area contributed by atoms with Crippen LogP contribution in [-0.2, 0) is 0 Å². The Kier molecular flexibility index (Phi) is 7.18. The van der Waals surface area contributed by atoms with Crippen LogP contribution in [0.15, 0.2) is 42.7 Å². The fourth-order valence-electron chi connectivity index (χ4n) is 3.28. The van der Waals surface area contributed by atoms with Gasteiger partial charge in [0.05, 0.1) is 17.4 Å². The van der Waals surface area contributed by atoms with E-state index in [4.69, 9.17) is 16.6 Å². The lowest BCUT2D eigenvalue weighted by Crippen LogP contribution is -2.25. The Bertz CT molecular complexity index is 893. The van der Waals surface area contributed by atoms with E-state index in [0.29, 0.717) is 11.1 Å². The standard InChI is InChI=1S/C22H28ClN5/c1-4-28(5-2)14-6-7-16(3)26-22-21-19(12-13-24-22)27-20(15-25-21)17-8-10-18(23)11-9-17/h8-13,15-16H,4-7,14H2,1-3H3,(H,24,26). The minimum atomic E-state index is 0.325. The van der Waals surface area contributed by atoms with Crippen molar-refractivity contribution in [3.63, 3.8) is 0 Å². The molecule has 2 heterocycles. The largest absolute Gasteiger partial charge is 0.366 e. The Labute approximate surface area is 172 Å². The average Bonchev–Trinajstić information content (AvgIpc) is 2.71. The molecule has 0 amide bonds. The monoisotopic (exact) mass is 397 g/mol. The fraction of sp³-hybridized carbons (Fsp3) is 0.409. The number of anilines is 1. The smallest absolute Gasteiger partial charge is 0.154 e. The van der Waals surface area contributed by atoms with Crippen LogP contribution in [0.4, 0.5) is 5.82 Å². The predicted octanol–water partition coefficient (Wildman–Crippen LogP) is 5.27. The van der Waals surface area contributed by atoms with Crippen molar-refractivity contribution in [3.8, 4) is 11.3 Å². The van der Waals surface area contributed by atoms with E-state index in [-0.39, 0.29) is 0 Å². The lowest BCUT2D eigenvalue weighted by atomic mass is 10.1. The molecule has 3 aromatic rings. The SMILES string of the molecule is CCN(CC)CCCC(C)Nc1nccc2nc(-c3ccc(Cl)cc3)cnc12. The second-order valence-corrected chi connectivity index (χ2v) is 7.44. The molecule has 1 atom stereocenters. The van der Waals surface area contributed by atoms with Gasteiger partial charge < -0.3 is 10.2 Å². The molecule has 0 aliphatic heterocycles. The normalized spacial score (nSPS) is 12.5. The number of hydrogen-bond donors (Lipinski definition) is 1. The molecule has 0 fully saturated rings. The zero-order chi connectivity index (χ0) is 19.9. The Morgan fingerprint density at radius 3 is 2.54 bits per heavy atom. The van der Waals surface area contributed by atoms with E-state index in [0.717, 1.165) is 60.6 Å². The summed E-state index contributed by atoms with van der Waals surface area (Å²) in [5.74, 6) is 0.794. The number of halogens is 1. The molecule has 2 aromatic heterocycles.